The molecule has 0 spiro atoms. The van der Waals surface area contributed by atoms with Gasteiger partial charge in [0.25, 0.3) is 0 Å². The molecule has 1 aromatic heterocycles. The Bertz CT molecular complexity index is 467. The minimum Gasteiger partial charge on any atom is -0.479 e. The number of aromatic nitrogens is 1. The molecular weight excluding hydrogens is 248 g/mol. The van der Waals surface area contributed by atoms with Gasteiger partial charge in [-0.15, -0.1) is 0 Å². The summed E-state index contributed by atoms with van der Waals surface area (Å²) in [4.78, 5) is 25.0. The Morgan fingerprint density at radius 3 is 2.53 bits per heavy atom. The van der Waals surface area contributed by atoms with Crippen molar-refractivity contribution >= 4 is 11.9 Å². The van der Waals surface area contributed by atoms with Gasteiger partial charge in [-0.25, -0.2) is 4.79 Å². The second-order valence-corrected chi connectivity index (χ2v) is 5.10. The van der Waals surface area contributed by atoms with Crippen molar-refractivity contribution in [3.05, 3.63) is 24.5 Å². The van der Waals surface area contributed by atoms with Gasteiger partial charge in [-0.1, -0.05) is 0 Å². The zero-order valence-corrected chi connectivity index (χ0v) is 11.1. The molecule has 1 amide bonds. The van der Waals surface area contributed by atoms with Gasteiger partial charge in [0.05, 0.1) is 13.2 Å². The lowest BCUT2D eigenvalue weighted by Crippen LogP contribution is -2.54. The molecule has 104 valence electrons. The van der Waals surface area contributed by atoms with E-state index in [0.717, 1.165) is 0 Å². The first-order valence-corrected chi connectivity index (χ1v) is 6.20. The number of carbonyl (C=O) groups is 2. The van der Waals surface area contributed by atoms with Crippen LogP contribution < -0.4 is 0 Å². The maximum absolute atomic E-state index is 12.5. The molecule has 1 aromatic rings. The van der Waals surface area contributed by atoms with Crippen molar-refractivity contribution in [1.29, 1.82) is 0 Å². The highest BCUT2D eigenvalue weighted by Gasteiger charge is 2.37. The average Bonchev–Trinajstić information content (AvgIpc) is 2.92. The molecule has 0 bridgehead atoms. The fraction of sp³-hybridized carbons (Fsp3) is 0.538. The second kappa shape index (κ2) is 5.05. The predicted octanol–water partition coefficient (Wildman–Crippen LogP) is 0.535. The van der Waals surface area contributed by atoms with Gasteiger partial charge in [0.15, 0.2) is 6.10 Å². The number of rotatable bonds is 3. The van der Waals surface area contributed by atoms with Crippen LogP contribution in [0.1, 0.15) is 13.8 Å². The first kappa shape index (κ1) is 13.6. The third-order valence-electron chi connectivity index (χ3n) is 3.40. The Morgan fingerprint density at radius 2 is 1.95 bits per heavy atom. The SMILES string of the molecule is CC(C)(C(=O)N1CCO[C@H](C(=O)O)C1)n1cccc1. The number of carbonyl (C=O) groups excluding carboxylic acids is 1. The molecule has 1 aliphatic heterocycles. The van der Waals surface area contributed by atoms with Gasteiger partial charge in [0.2, 0.25) is 5.91 Å². The highest BCUT2D eigenvalue weighted by Crippen LogP contribution is 2.20. The molecular formula is C13H18N2O4. The highest BCUT2D eigenvalue weighted by molar-refractivity contribution is 5.84. The lowest BCUT2D eigenvalue weighted by molar-refractivity contribution is -0.161. The lowest BCUT2D eigenvalue weighted by atomic mass is 10.0. The summed E-state index contributed by atoms with van der Waals surface area (Å²) in [5.74, 6) is -1.13. The molecule has 6 nitrogen and oxygen atoms in total. The Labute approximate surface area is 111 Å². The van der Waals surface area contributed by atoms with E-state index in [9.17, 15) is 9.59 Å². The third-order valence-corrected chi connectivity index (χ3v) is 3.40. The van der Waals surface area contributed by atoms with Gasteiger partial charge >= 0.3 is 5.97 Å². The first-order valence-electron chi connectivity index (χ1n) is 6.20. The molecule has 0 aromatic carbocycles. The lowest BCUT2D eigenvalue weighted by Gasteiger charge is -2.37. The summed E-state index contributed by atoms with van der Waals surface area (Å²) < 4.78 is 6.94. The van der Waals surface area contributed by atoms with Gasteiger partial charge in [-0.3, -0.25) is 4.79 Å². The Kier molecular flexibility index (Phi) is 3.61. The minimum absolute atomic E-state index is 0.0961. The Hall–Kier alpha value is -1.82. The topological polar surface area (TPSA) is 71.8 Å². The van der Waals surface area contributed by atoms with E-state index in [1.165, 1.54) is 0 Å². The van der Waals surface area contributed by atoms with Crippen molar-refractivity contribution in [2.45, 2.75) is 25.5 Å². The molecule has 1 fully saturated rings. The molecule has 2 heterocycles. The van der Waals surface area contributed by atoms with Gasteiger partial charge in [-0.05, 0) is 26.0 Å². The third kappa shape index (κ3) is 2.63. The van der Waals surface area contributed by atoms with Crippen LogP contribution in [0.3, 0.4) is 0 Å². The van der Waals surface area contributed by atoms with E-state index in [-0.39, 0.29) is 19.1 Å². The number of amides is 1. The number of carboxylic acids is 1. The summed E-state index contributed by atoms with van der Waals surface area (Å²) in [6.07, 6.45) is 2.72. The molecule has 19 heavy (non-hydrogen) atoms. The number of carboxylic acid groups (broad SMARTS) is 1. The summed E-state index contributed by atoms with van der Waals surface area (Å²) in [7, 11) is 0. The minimum atomic E-state index is -1.03. The molecule has 1 atom stereocenters. The predicted molar refractivity (Wildman–Crippen MR) is 67.7 cm³/mol. The van der Waals surface area contributed by atoms with E-state index in [0.29, 0.717) is 6.54 Å². The van der Waals surface area contributed by atoms with E-state index in [1.54, 1.807) is 4.90 Å². The second-order valence-electron chi connectivity index (χ2n) is 5.10. The van der Waals surface area contributed by atoms with Crippen LogP contribution in [0, 0.1) is 0 Å². The van der Waals surface area contributed by atoms with Gasteiger partial charge in [0, 0.05) is 18.9 Å². The standard InChI is InChI=1S/C13H18N2O4/c1-13(2,15-5-3-4-6-15)12(18)14-7-8-19-10(9-14)11(16)17/h3-6,10H,7-9H2,1-2H3,(H,16,17)/t10-/m0/s1. The van der Waals surface area contributed by atoms with Gasteiger partial charge in [0.1, 0.15) is 5.54 Å². The average molecular weight is 266 g/mol. The molecule has 1 saturated heterocycles. The normalized spacial score (nSPS) is 20.3. The maximum atomic E-state index is 12.5. The summed E-state index contributed by atoms with van der Waals surface area (Å²) >= 11 is 0. The summed E-state index contributed by atoms with van der Waals surface area (Å²) in [6.45, 7) is 4.41. The fourth-order valence-corrected chi connectivity index (χ4v) is 2.19. The zero-order valence-electron chi connectivity index (χ0n) is 11.1. The smallest absolute Gasteiger partial charge is 0.334 e. The summed E-state index contributed by atoms with van der Waals surface area (Å²) in [6, 6.07) is 3.71. The van der Waals surface area contributed by atoms with Crippen LogP contribution in [0.15, 0.2) is 24.5 Å². The molecule has 0 aliphatic carbocycles. The fourth-order valence-electron chi connectivity index (χ4n) is 2.19. The van der Waals surface area contributed by atoms with E-state index >= 15 is 0 Å². The molecule has 0 radical (unpaired) electrons. The molecule has 1 aliphatic rings. The van der Waals surface area contributed by atoms with Gasteiger partial charge < -0.3 is 19.3 Å². The molecule has 0 saturated carbocycles. The number of hydrogen-bond donors (Lipinski definition) is 1. The van der Waals surface area contributed by atoms with Crippen molar-refractivity contribution in [3.63, 3.8) is 0 Å². The van der Waals surface area contributed by atoms with Crippen molar-refractivity contribution in [2.24, 2.45) is 0 Å². The molecule has 0 unspecified atom stereocenters. The zero-order chi connectivity index (χ0) is 14.0. The van der Waals surface area contributed by atoms with Crippen molar-refractivity contribution < 1.29 is 19.4 Å². The first-order chi connectivity index (χ1) is 8.93. The molecule has 1 N–H and O–H groups in total. The van der Waals surface area contributed by atoms with Gasteiger partial charge in [-0.2, -0.15) is 0 Å². The number of nitrogens with zero attached hydrogens (tertiary/aromatic N) is 2. The Morgan fingerprint density at radius 1 is 1.32 bits per heavy atom. The van der Waals surface area contributed by atoms with Crippen molar-refractivity contribution in [3.8, 4) is 0 Å². The quantitative estimate of drug-likeness (QED) is 0.866. The largest absolute Gasteiger partial charge is 0.479 e. The number of morpholine rings is 1. The summed E-state index contributed by atoms with van der Waals surface area (Å²) in [5, 5.41) is 8.96. The number of ether oxygens (including phenoxy) is 1. The molecule has 6 heteroatoms. The molecule has 2 rings (SSSR count). The van der Waals surface area contributed by atoms with Crippen LogP contribution in [0.25, 0.3) is 0 Å². The Balaban J connectivity index is 2.13. The van der Waals surface area contributed by atoms with Crippen molar-refractivity contribution in [2.75, 3.05) is 19.7 Å². The highest BCUT2D eigenvalue weighted by atomic mass is 16.5. The van der Waals surface area contributed by atoms with Crippen LogP contribution in [-0.2, 0) is 19.9 Å². The number of hydrogen-bond acceptors (Lipinski definition) is 3. The van der Waals surface area contributed by atoms with E-state index < -0.39 is 17.6 Å². The van der Waals surface area contributed by atoms with Crippen LogP contribution in [0.4, 0.5) is 0 Å². The van der Waals surface area contributed by atoms with Crippen LogP contribution in [-0.4, -0.2) is 52.3 Å². The van der Waals surface area contributed by atoms with E-state index in [2.05, 4.69) is 0 Å². The monoisotopic (exact) mass is 266 g/mol. The maximum Gasteiger partial charge on any atom is 0.334 e. The van der Waals surface area contributed by atoms with Crippen molar-refractivity contribution in [1.82, 2.24) is 9.47 Å². The van der Waals surface area contributed by atoms with Crippen LogP contribution in [0.2, 0.25) is 0 Å². The van der Waals surface area contributed by atoms with E-state index in [1.807, 2.05) is 42.9 Å². The van der Waals surface area contributed by atoms with E-state index in [4.69, 9.17) is 9.84 Å². The summed E-state index contributed by atoms with van der Waals surface area (Å²) in [5.41, 5.74) is -0.732. The number of aliphatic carboxylic acids is 1. The van der Waals surface area contributed by atoms with Crippen LogP contribution in [0.5, 0.6) is 0 Å². The van der Waals surface area contributed by atoms with Crippen LogP contribution >= 0.6 is 0 Å².